The van der Waals surface area contributed by atoms with Gasteiger partial charge in [0.2, 0.25) is 11.8 Å². The van der Waals surface area contributed by atoms with E-state index in [1.165, 1.54) is 12.5 Å². The van der Waals surface area contributed by atoms with Gasteiger partial charge >= 0.3 is 0 Å². The highest BCUT2D eigenvalue weighted by molar-refractivity contribution is 6.35. The largest absolute Gasteiger partial charge is 0.344 e. The SMILES string of the molecule is CC(NCc1ccccc1F)C1(N2CCN(C(=O)C(Cc3ccc(Cl)cc3Cl)NC(=O)CCN)CC2)CCCCC1. The summed E-state index contributed by atoms with van der Waals surface area (Å²) in [5.41, 5.74) is 6.95. The summed E-state index contributed by atoms with van der Waals surface area (Å²) in [6.45, 7) is 5.51. The number of rotatable bonds is 11. The van der Waals surface area contributed by atoms with E-state index in [9.17, 15) is 14.0 Å². The average Bonchev–Trinajstić information content (AvgIpc) is 2.97. The van der Waals surface area contributed by atoms with Crippen molar-refractivity contribution in [1.29, 1.82) is 0 Å². The van der Waals surface area contributed by atoms with Crippen LogP contribution in [0.4, 0.5) is 4.39 Å². The van der Waals surface area contributed by atoms with Gasteiger partial charge in [-0.05, 0) is 43.5 Å². The minimum Gasteiger partial charge on any atom is -0.344 e. The molecular weight excluding hydrogens is 564 g/mol. The minimum absolute atomic E-state index is 0.0514. The lowest BCUT2D eigenvalue weighted by Crippen LogP contribution is -2.66. The first kappa shape index (κ1) is 31.7. The Hall–Kier alpha value is -2.23. The van der Waals surface area contributed by atoms with E-state index >= 15 is 0 Å². The topological polar surface area (TPSA) is 90.7 Å². The Labute approximate surface area is 252 Å². The standard InChI is InChI=1S/C31H42Cl2FN5O2/c1-22(36-21-24-7-3-4-8-27(24)34)31(12-5-2-6-13-31)39-17-15-38(16-18-39)30(41)28(37-29(40)11-14-35)19-23-9-10-25(32)20-26(23)33/h3-4,7-10,20,22,28,36H,2,5-6,11-19,21,35H2,1H3,(H,37,40). The third-order valence-corrected chi connectivity index (χ3v) is 9.33. The number of carbonyl (C=O) groups excluding carboxylic acids is 2. The molecule has 4 rings (SSSR count). The third-order valence-electron chi connectivity index (χ3n) is 8.75. The van der Waals surface area contributed by atoms with E-state index in [1.54, 1.807) is 24.3 Å². The van der Waals surface area contributed by atoms with Gasteiger partial charge in [0.05, 0.1) is 0 Å². The molecule has 224 valence electrons. The fraction of sp³-hybridized carbons (Fsp3) is 0.548. The zero-order valence-corrected chi connectivity index (χ0v) is 25.3. The number of hydrogen-bond acceptors (Lipinski definition) is 5. The molecule has 2 fully saturated rings. The number of nitrogens with two attached hydrogens (primary N) is 1. The molecule has 2 aromatic rings. The lowest BCUT2D eigenvalue weighted by atomic mass is 9.75. The van der Waals surface area contributed by atoms with Gasteiger partial charge in [0.15, 0.2) is 0 Å². The average molecular weight is 607 g/mol. The van der Waals surface area contributed by atoms with Gasteiger partial charge in [0.25, 0.3) is 0 Å². The van der Waals surface area contributed by atoms with Gasteiger partial charge in [-0.1, -0.05) is 66.7 Å². The van der Waals surface area contributed by atoms with Crippen LogP contribution in [0.25, 0.3) is 0 Å². The summed E-state index contributed by atoms with van der Waals surface area (Å²) in [5.74, 6) is -0.569. The summed E-state index contributed by atoms with van der Waals surface area (Å²) in [7, 11) is 0. The first-order chi connectivity index (χ1) is 19.7. The van der Waals surface area contributed by atoms with Crippen molar-refractivity contribution in [2.45, 2.75) is 76.0 Å². The van der Waals surface area contributed by atoms with Crippen molar-refractivity contribution >= 4 is 35.0 Å². The number of benzene rings is 2. The Morgan fingerprint density at radius 2 is 1.73 bits per heavy atom. The predicted octanol–water partition coefficient (Wildman–Crippen LogP) is 4.53. The minimum atomic E-state index is -0.746. The van der Waals surface area contributed by atoms with Crippen molar-refractivity contribution < 1.29 is 14.0 Å². The van der Waals surface area contributed by atoms with Gasteiger partial charge in [-0.3, -0.25) is 14.5 Å². The van der Waals surface area contributed by atoms with Gasteiger partial charge in [0, 0.05) is 79.3 Å². The van der Waals surface area contributed by atoms with Gasteiger partial charge < -0.3 is 21.3 Å². The van der Waals surface area contributed by atoms with Crippen LogP contribution >= 0.6 is 23.2 Å². The first-order valence-electron chi connectivity index (χ1n) is 14.7. The summed E-state index contributed by atoms with van der Waals surface area (Å²) < 4.78 is 14.3. The highest BCUT2D eigenvalue weighted by Gasteiger charge is 2.44. The van der Waals surface area contributed by atoms with E-state index < -0.39 is 6.04 Å². The molecule has 2 atom stereocenters. The summed E-state index contributed by atoms with van der Waals surface area (Å²) in [4.78, 5) is 30.6. The fourth-order valence-electron chi connectivity index (χ4n) is 6.38. The maximum absolute atomic E-state index is 14.3. The van der Waals surface area contributed by atoms with Gasteiger partial charge in [-0.25, -0.2) is 4.39 Å². The van der Waals surface area contributed by atoms with Crippen molar-refractivity contribution in [3.8, 4) is 0 Å². The monoisotopic (exact) mass is 605 g/mol. The van der Waals surface area contributed by atoms with Crippen LogP contribution in [0.1, 0.15) is 56.6 Å². The molecule has 41 heavy (non-hydrogen) atoms. The maximum atomic E-state index is 14.3. The predicted molar refractivity (Wildman–Crippen MR) is 162 cm³/mol. The fourth-order valence-corrected chi connectivity index (χ4v) is 6.86. The molecule has 2 unspecified atom stereocenters. The van der Waals surface area contributed by atoms with E-state index in [0.717, 1.165) is 44.3 Å². The highest BCUT2D eigenvalue weighted by atomic mass is 35.5. The number of carbonyl (C=O) groups is 2. The summed E-state index contributed by atoms with van der Waals surface area (Å²) in [6.07, 6.45) is 6.08. The smallest absolute Gasteiger partial charge is 0.245 e. The molecule has 4 N–H and O–H groups in total. The molecular formula is C31H42Cl2FN5O2. The second-order valence-electron chi connectivity index (χ2n) is 11.3. The highest BCUT2D eigenvalue weighted by Crippen LogP contribution is 2.37. The van der Waals surface area contributed by atoms with Crippen molar-refractivity contribution in [1.82, 2.24) is 20.4 Å². The molecule has 0 radical (unpaired) electrons. The van der Waals surface area contributed by atoms with Crippen molar-refractivity contribution in [3.63, 3.8) is 0 Å². The zero-order chi connectivity index (χ0) is 29.4. The zero-order valence-electron chi connectivity index (χ0n) is 23.8. The third kappa shape index (κ3) is 7.99. The Kier molecular flexibility index (Phi) is 11.4. The van der Waals surface area contributed by atoms with E-state index in [4.69, 9.17) is 28.9 Å². The van der Waals surface area contributed by atoms with E-state index in [-0.39, 0.29) is 48.6 Å². The van der Waals surface area contributed by atoms with Crippen molar-refractivity contribution in [2.24, 2.45) is 5.73 Å². The molecule has 7 nitrogen and oxygen atoms in total. The Balaban J connectivity index is 1.43. The normalized spacial score (nSPS) is 19.0. The summed E-state index contributed by atoms with van der Waals surface area (Å²) >= 11 is 12.5. The Morgan fingerprint density at radius 3 is 2.39 bits per heavy atom. The molecule has 1 heterocycles. The van der Waals surface area contributed by atoms with E-state index in [2.05, 4.69) is 22.5 Å². The van der Waals surface area contributed by atoms with Crippen LogP contribution in [0.5, 0.6) is 0 Å². The van der Waals surface area contributed by atoms with Crippen LogP contribution in [-0.4, -0.2) is 72.0 Å². The molecule has 2 aliphatic rings. The second-order valence-corrected chi connectivity index (χ2v) is 12.1. The molecule has 1 aliphatic carbocycles. The van der Waals surface area contributed by atoms with Crippen molar-refractivity contribution in [2.75, 3.05) is 32.7 Å². The number of piperazine rings is 1. The van der Waals surface area contributed by atoms with Crippen LogP contribution in [-0.2, 0) is 22.6 Å². The molecule has 1 saturated heterocycles. The number of nitrogens with one attached hydrogen (secondary N) is 2. The van der Waals surface area contributed by atoms with Crippen LogP contribution in [0.2, 0.25) is 10.0 Å². The molecule has 0 spiro atoms. The number of hydrogen-bond donors (Lipinski definition) is 3. The molecule has 2 amide bonds. The van der Waals surface area contributed by atoms with Crippen LogP contribution < -0.4 is 16.4 Å². The quantitative estimate of drug-likeness (QED) is 0.350. The van der Waals surface area contributed by atoms with Crippen LogP contribution in [0.3, 0.4) is 0 Å². The van der Waals surface area contributed by atoms with Gasteiger partial charge in [0.1, 0.15) is 11.9 Å². The van der Waals surface area contributed by atoms with Crippen LogP contribution in [0.15, 0.2) is 42.5 Å². The van der Waals surface area contributed by atoms with E-state index in [0.29, 0.717) is 35.2 Å². The summed E-state index contributed by atoms with van der Waals surface area (Å²) in [6, 6.07) is 11.5. The first-order valence-corrected chi connectivity index (χ1v) is 15.4. The molecule has 1 aliphatic heterocycles. The Morgan fingerprint density at radius 1 is 1.02 bits per heavy atom. The molecule has 2 aromatic carbocycles. The number of amides is 2. The van der Waals surface area contributed by atoms with Crippen LogP contribution in [0, 0.1) is 5.82 Å². The van der Waals surface area contributed by atoms with Gasteiger partial charge in [-0.15, -0.1) is 0 Å². The van der Waals surface area contributed by atoms with E-state index in [1.807, 2.05) is 17.0 Å². The van der Waals surface area contributed by atoms with Gasteiger partial charge in [-0.2, -0.15) is 0 Å². The molecule has 0 bridgehead atoms. The lowest BCUT2D eigenvalue weighted by molar-refractivity contribution is -0.139. The number of nitrogens with zero attached hydrogens (tertiary/aromatic N) is 2. The van der Waals surface area contributed by atoms with Crippen molar-refractivity contribution in [3.05, 3.63) is 69.5 Å². The number of halogens is 3. The maximum Gasteiger partial charge on any atom is 0.245 e. The second kappa shape index (κ2) is 14.8. The molecule has 1 saturated carbocycles. The summed E-state index contributed by atoms with van der Waals surface area (Å²) in [5, 5.41) is 7.49. The molecule has 10 heteroatoms. The molecule has 0 aromatic heterocycles. The lowest BCUT2D eigenvalue weighted by Gasteiger charge is -2.53. The Bertz CT molecular complexity index is 1180.